The summed E-state index contributed by atoms with van der Waals surface area (Å²) in [5.74, 6) is 0.550. The fourth-order valence-corrected chi connectivity index (χ4v) is 4.34. The van der Waals surface area contributed by atoms with Crippen molar-refractivity contribution >= 4 is 21.6 Å². The van der Waals surface area contributed by atoms with Crippen LogP contribution in [-0.4, -0.2) is 39.8 Å². The normalized spacial score (nSPS) is 14.1. The van der Waals surface area contributed by atoms with Crippen molar-refractivity contribution in [2.24, 2.45) is 0 Å². The van der Waals surface area contributed by atoms with E-state index in [0.717, 1.165) is 15.4 Å². The van der Waals surface area contributed by atoms with E-state index in [2.05, 4.69) is 5.32 Å². The van der Waals surface area contributed by atoms with Gasteiger partial charge < -0.3 is 14.8 Å². The highest BCUT2D eigenvalue weighted by molar-refractivity contribution is 7.92. The fraction of sp³-hybridized carbons (Fsp3) is 0.409. The number of rotatable bonds is 8. The van der Waals surface area contributed by atoms with Crippen LogP contribution in [0.25, 0.3) is 0 Å². The third-order valence-electron chi connectivity index (χ3n) is 5.02. The monoisotopic (exact) mass is 432 g/mol. The van der Waals surface area contributed by atoms with Gasteiger partial charge in [-0.15, -0.1) is 0 Å². The van der Waals surface area contributed by atoms with Crippen LogP contribution in [0.1, 0.15) is 37.4 Å². The van der Waals surface area contributed by atoms with Gasteiger partial charge >= 0.3 is 0 Å². The van der Waals surface area contributed by atoms with Crippen LogP contribution in [0, 0.1) is 6.92 Å². The van der Waals surface area contributed by atoms with Crippen molar-refractivity contribution < 1.29 is 22.7 Å². The molecule has 0 aliphatic carbocycles. The molecule has 1 aliphatic heterocycles. The maximum atomic E-state index is 12.8. The predicted octanol–water partition coefficient (Wildman–Crippen LogP) is 3.19. The summed E-state index contributed by atoms with van der Waals surface area (Å²) in [7, 11) is -3.67. The summed E-state index contributed by atoms with van der Waals surface area (Å²) in [6.45, 7) is 6.07. The summed E-state index contributed by atoms with van der Waals surface area (Å²) in [6.07, 6.45) is 0.694. The van der Waals surface area contributed by atoms with Crippen LogP contribution in [0.15, 0.2) is 42.5 Å². The molecule has 0 saturated heterocycles. The molecule has 2 aromatic rings. The van der Waals surface area contributed by atoms with Gasteiger partial charge in [-0.3, -0.25) is 9.10 Å². The molecule has 2 aromatic carbocycles. The van der Waals surface area contributed by atoms with Crippen molar-refractivity contribution in [3.8, 4) is 11.5 Å². The Balaban J connectivity index is 1.81. The van der Waals surface area contributed by atoms with Gasteiger partial charge in [0.05, 0.1) is 17.5 Å². The first-order chi connectivity index (χ1) is 14.3. The van der Waals surface area contributed by atoms with E-state index in [-0.39, 0.29) is 24.2 Å². The second kappa shape index (κ2) is 9.38. The number of amides is 1. The number of aryl methyl sites for hydroxylation is 1. The molecule has 0 spiro atoms. The van der Waals surface area contributed by atoms with Crippen molar-refractivity contribution in [3.63, 3.8) is 0 Å². The number of nitrogens with zero attached hydrogens (tertiary/aromatic N) is 1. The van der Waals surface area contributed by atoms with Crippen molar-refractivity contribution in [2.75, 3.05) is 29.8 Å². The first kappa shape index (κ1) is 22.0. The third kappa shape index (κ3) is 5.05. The van der Waals surface area contributed by atoms with Gasteiger partial charge in [0.25, 0.3) is 0 Å². The molecule has 30 heavy (non-hydrogen) atoms. The van der Waals surface area contributed by atoms with Gasteiger partial charge in [0.1, 0.15) is 19.8 Å². The predicted molar refractivity (Wildman–Crippen MR) is 117 cm³/mol. The van der Waals surface area contributed by atoms with Crippen LogP contribution in [0.5, 0.6) is 11.5 Å². The first-order valence-corrected chi connectivity index (χ1v) is 11.7. The summed E-state index contributed by atoms with van der Waals surface area (Å²) in [5, 5.41) is 2.96. The van der Waals surface area contributed by atoms with E-state index >= 15 is 0 Å². The molecule has 1 aliphatic rings. The minimum Gasteiger partial charge on any atom is -0.486 e. The van der Waals surface area contributed by atoms with Crippen LogP contribution >= 0.6 is 0 Å². The highest BCUT2D eigenvalue weighted by Crippen LogP contribution is 2.34. The highest BCUT2D eigenvalue weighted by Gasteiger charge is 2.26. The van der Waals surface area contributed by atoms with Gasteiger partial charge in [-0.1, -0.05) is 36.8 Å². The first-order valence-electron chi connectivity index (χ1n) is 10.1. The number of ether oxygens (including phenoxy) is 2. The molecule has 0 unspecified atom stereocenters. The molecule has 1 amide bonds. The molecular weight excluding hydrogens is 404 g/mol. The molecule has 7 nitrogen and oxygen atoms in total. The van der Waals surface area contributed by atoms with Crippen molar-refractivity contribution in [3.05, 3.63) is 53.6 Å². The standard InChI is InChI=1S/C22H28N2O5S/c1-4-19(17-8-6-16(3)7-9-17)23-22(25)15-24(30(26,27)5-2)18-10-11-20-21(14-18)29-13-12-28-20/h6-11,14,19H,4-5,12-13,15H2,1-3H3,(H,23,25)/t19-/m0/s1. The minimum absolute atomic E-state index is 0.121. The number of carbonyl (C=O) groups is 1. The molecule has 1 heterocycles. The second-order valence-electron chi connectivity index (χ2n) is 7.17. The topological polar surface area (TPSA) is 84.9 Å². The summed E-state index contributed by atoms with van der Waals surface area (Å²) in [5.41, 5.74) is 2.50. The Morgan fingerprint density at radius 2 is 1.73 bits per heavy atom. The average molecular weight is 433 g/mol. The molecule has 1 N–H and O–H groups in total. The van der Waals surface area contributed by atoms with Crippen LogP contribution < -0.4 is 19.1 Å². The Labute approximate surface area is 178 Å². The van der Waals surface area contributed by atoms with Gasteiger partial charge in [0.15, 0.2) is 11.5 Å². The lowest BCUT2D eigenvalue weighted by atomic mass is 10.0. The van der Waals surface area contributed by atoms with Gasteiger partial charge in [-0.05, 0) is 38.0 Å². The minimum atomic E-state index is -3.67. The lowest BCUT2D eigenvalue weighted by Gasteiger charge is -2.26. The van der Waals surface area contributed by atoms with E-state index in [1.807, 2.05) is 38.1 Å². The number of carbonyl (C=O) groups excluding carboxylic acids is 1. The maximum Gasteiger partial charge on any atom is 0.241 e. The van der Waals surface area contributed by atoms with E-state index in [1.54, 1.807) is 25.1 Å². The smallest absolute Gasteiger partial charge is 0.241 e. The Hall–Kier alpha value is -2.74. The van der Waals surface area contributed by atoms with E-state index in [4.69, 9.17) is 9.47 Å². The number of sulfonamides is 1. The van der Waals surface area contributed by atoms with E-state index in [1.165, 1.54) is 0 Å². The molecule has 0 fully saturated rings. The molecule has 3 rings (SSSR count). The molecule has 0 bridgehead atoms. The molecular formula is C22H28N2O5S. The third-order valence-corrected chi connectivity index (χ3v) is 6.77. The zero-order valence-electron chi connectivity index (χ0n) is 17.6. The number of anilines is 1. The second-order valence-corrected chi connectivity index (χ2v) is 9.36. The molecule has 0 radical (unpaired) electrons. The van der Waals surface area contributed by atoms with Crippen molar-refractivity contribution in [2.45, 2.75) is 33.2 Å². The summed E-state index contributed by atoms with van der Waals surface area (Å²) >= 11 is 0. The zero-order chi connectivity index (χ0) is 21.7. The van der Waals surface area contributed by atoms with E-state index in [0.29, 0.717) is 36.8 Å². The van der Waals surface area contributed by atoms with Crippen LogP contribution in [0.2, 0.25) is 0 Å². The van der Waals surface area contributed by atoms with E-state index < -0.39 is 10.0 Å². The van der Waals surface area contributed by atoms with Crippen LogP contribution in [0.4, 0.5) is 5.69 Å². The summed E-state index contributed by atoms with van der Waals surface area (Å²) < 4.78 is 37.7. The van der Waals surface area contributed by atoms with E-state index in [9.17, 15) is 13.2 Å². The SMILES string of the molecule is CC[C@H](NC(=O)CN(c1ccc2c(c1)OCCO2)S(=O)(=O)CC)c1ccc(C)cc1. The molecule has 8 heteroatoms. The molecule has 0 aromatic heterocycles. The lowest BCUT2D eigenvalue weighted by Crippen LogP contribution is -2.42. The maximum absolute atomic E-state index is 12.8. The van der Waals surface area contributed by atoms with Gasteiger partial charge in [-0.2, -0.15) is 0 Å². The number of benzene rings is 2. The fourth-order valence-electron chi connectivity index (χ4n) is 3.28. The lowest BCUT2D eigenvalue weighted by molar-refractivity contribution is -0.120. The Morgan fingerprint density at radius 1 is 1.07 bits per heavy atom. The average Bonchev–Trinajstić information content (AvgIpc) is 2.76. The van der Waals surface area contributed by atoms with Crippen LogP contribution in [0.3, 0.4) is 0 Å². The number of hydrogen-bond donors (Lipinski definition) is 1. The van der Waals surface area contributed by atoms with Gasteiger partial charge in [0.2, 0.25) is 15.9 Å². The number of nitrogens with one attached hydrogen (secondary N) is 1. The van der Waals surface area contributed by atoms with Crippen molar-refractivity contribution in [1.29, 1.82) is 0 Å². The highest BCUT2D eigenvalue weighted by atomic mass is 32.2. The molecule has 1 atom stereocenters. The quantitative estimate of drug-likeness (QED) is 0.693. The number of hydrogen-bond acceptors (Lipinski definition) is 5. The number of fused-ring (bicyclic) bond motifs is 1. The molecule has 162 valence electrons. The largest absolute Gasteiger partial charge is 0.486 e. The summed E-state index contributed by atoms with van der Waals surface area (Å²) in [6, 6.07) is 12.7. The van der Waals surface area contributed by atoms with Gasteiger partial charge in [-0.25, -0.2) is 8.42 Å². The van der Waals surface area contributed by atoms with Crippen LogP contribution in [-0.2, 0) is 14.8 Å². The Morgan fingerprint density at radius 3 is 2.37 bits per heavy atom. The van der Waals surface area contributed by atoms with Gasteiger partial charge in [0, 0.05) is 6.07 Å². The Bertz CT molecular complexity index is 989. The molecule has 0 saturated carbocycles. The Kier molecular flexibility index (Phi) is 6.87. The zero-order valence-corrected chi connectivity index (χ0v) is 18.4. The van der Waals surface area contributed by atoms with Crippen molar-refractivity contribution in [1.82, 2.24) is 5.32 Å². The summed E-state index contributed by atoms with van der Waals surface area (Å²) in [4.78, 5) is 12.8.